The molecule has 9 heteroatoms. The first-order valence-corrected chi connectivity index (χ1v) is 7.78. The summed E-state index contributed by atoms with van der Waals surface area (Å²) in [4.78, 5) is 3.80. The van der Waals surface area contributed by atoms with Crippen LogP contribution in [-0.2, 0) is 16.6 Å². The number of sulfonamides is 1. The summed E-state index contributed by atoms with van der Waals surface area (Å²) in [6.45, 7) is 1.40. The molecule has 0 atom stereocenters. The molecule has 7 nitrogen and oxygen atoms in total. The molecular formula is C11H11BrN4O3S. The number of halogens is 1. The molecule has 2 N–H and O–H groups in total. The third kappa shape index (κ3) is 3.11. The van der Waals surface area contributed by atoms with Crippen LogP contribution in [0.15, 0.2) is 33.9 Å². The lowest BCUT2D eigenvalue weighted by molar-refractivity contribution is 0.281. The average Bonchev–Trinajstić information content (AvgIpc) is 2.42. The summed E-state index contributed by atoms with van der Waals surface area (Å²) in [5.74, 6) is -0.113. The first-order valence-electron chi connectivity index (χ1n) is 5.50. The Labute approximate surface area is 124 Å². The van der Waals surface area contributed by atoms with Crippen molar-refractivity contribution in [3.63, 3.8) is 0 Å². The summed E-state index contributed by atoms with van der Waals surface area (Å²) in [6.07, 6.45) is 2.67. The van der Waals surface area contributed by atoms with E-state index in [1.165, 1.54) is 18.5 Å². The zero-order valence-electron chi connectivity index (χ0n) is 10.4. The number of benzene rings is 1. The summed E-state index contributed by atoms with van der Waals surface area (Å²) >= 11 is 3.27. The zero-order valence-corrected chi connectivity index (χ0v) is 12.8. The fourth-order valence-corrected chi connectivity index (χ4v) is 3.45. The number of nitrogens with zero attached hydrogens (tertiary/aromatic N) is 3. The van der Waals surface area contributed by atoms with Crippen LogP contribution in [0.25, 0.3) is 0 Å². The SMILES string of the molecule is Cc1c(Br)cc(CO)cc1S(=O)(=O)Nc1nccnn1. The molecule has 1 aromatic heterocycles. The zero-order chi connectivity index (χ0) is 14.8. The Balaban J connectivity index is 2.47. The molecule has 0 fully saturated rings. The summed E-state index contributed by atoms with van der Waals surface area (Å²) in [5.41, 5.74) is 1.01. The Kier molecular flexibility index (Phi) is 4.31. The maximum Gasteiger partial charge on any atom is 0.264 e. The number of aliphatic hydroxyl groups is 1. The minimum atomic E-state index is -3.86. The Morgan fingerprint density at radius 3 is 2.70 bits per heavy atom. The molecule has 1 aromatic carbocycles. The fourth-order valence-electron chi connectivity index (χ4n) is 1.55. The number of hydrogen-bond donors (Lipinski definition) is 2. The van der Waals surface area contributed by atoms with Gasteiger partial charge in [-0.2, -0.15) is 5.10 Å². The lowest BCUT2D eigenvalue weighted by Gasteiger charge is -2.11. The number of aromatic nitrogens is 3. The molecular weight excluding hydrogens is 348 g/mol. The van der Waals surface area contributed by atoms with Crippen LogP contribution in [0.5, 0.6) is 0 Å². The summed E-state index contributed by atoms with van der Waals surface area (Å²) < 4.78 is 27.5. The number of anilines is 1. The van der Waals surface area contributed by atoms with E-state index >= 15 is 0 Å². The smallest absolute Gasteiger partial charge is 0.264 e. The summed E-state index contributed by atoms with van der Waals surface area (Å²) in [5, 5.41) is 16.3. The number of rotatable bonds is 4. The minimum absolute atomic E-state index is 0.0448. The van der Waals surface area contributed by atoms with Gasteiger partial charge in [0.25, 0.3) is 16.0 Å². The molecule has 0 aliphatic heterocycles. The number of hydrogen-bond acceptors (Lipinski definition) is 6. The van der Waals surface area contributed by atoms with Crippen LogP contribution in [0.1, 0.15) is 11.1 Å². The Morgan fingerprint density at radius 1 is 1.35 bits per heavy atom. The van der Waals surface area contributed by atoms with E-state index in [4.69, 9.17) is 5.11 Å². The van der Waals surface area contributed by atoms with Gasteiger partial charge in [0.1, 0.15) is 0 Å². The van der Waals surface area contributed by atoms with E-state index < -0.39 is 10.0 Å². The van der Waals surface area contributed by atoms with Crippen LogP contribution >= 0.6 is 15.9 Å². The van der Waals surface area contributed by atoms with Crippen molar-refractivity contribution in [1.82, 2.24) is 15.2 Å². The third-order valence-corrected chi connectivity index (χ3v) is 4.81. The van der Waals surface area contributed by atoms with E-state index in [1.54, 1.807) is 13.0 Å². The van der Waals surface area contributed by atoms with Crippen LogP contribution in [0.3, 0.4) is 0 Å². The number of nitrogens with one attached hydrogen (secondary N) is 1. The van der Waals surface area contributed by atoms with Crippen molar-refractivity contribution in [2.24, 2.45) is 0 Å². The van der Waals surface area contributed by atoms with Gasteiger partial charge in [-0.15, -0.1) is 5.10 Å². The van der Waals surface area contributed by atoms with E-state index in [0.29, 0.717) is 15.6 Å². The van der Waals surface area contributed by atoms with Crippen molar-refractivity contribution >= 4 is 31.9 Å². The second-order valence-electron chi connectivity index (χ2n) is 3.93. The van der Waals surface area contributed by atoms with Gasteiger partial charge in [-0.05, 0) is 30.2 Å². The second kappa shape index (κ2) is 5.81. The predicted molar refractivity (Wildman–Crippen MR) is 75.4 cm³/mol. The fraction of sp³-hybridized carbons (Fsp3) is 0.182. The first kappa shape index (κ1) is 14.8. The normalized spacial score (nSPS) is 11.3. The molecule has 0 unspecified atom stereocenters. The van der Waals surface area contributed by atoms with Crippen LogP contribution in [-0.4, -0.2) is 28.7 Å². The van der Waals surface area contributed by atoms with Crippen molar-refractivity contribution in [2.45, 2.75) is 18.4 Å². The molecule has 106 valence electrons. The van der Waals surface area contributed by atoms with Crippen molar-refractivity contribution in [3.8, 4) is 0 Å². The third-order valence-electron chi connectivity index (χ3n) is 2.54. The van der Waals surface area contributed by atoms with Crippen LogP contribution < -0.4 is 4.72 Å². The highest BCUT2D eigenvalue weighted by molar-refractivity contribution is 9.10. The van der Waals surface area contributed by atoms with Gasteiger partial charge in [0, 0.05) is 4.47 Å². The molecule has 0 spiro atoms. The monoisotopic (exact) mass is 358 g/mol. The molecule has 1 heterocycles. The summed E-state index contributed by atoms with van der Waals surface area (Å²) in [6, 6.07) is 3.06. The van der Waals surface area contributed by atoms with Gasteiger partial charge in [0.15, 0.2) is 0 Å². The van der Waals surface area contributed by atoms with Gasteiger partial charge in [0.2, 0.25) is 0 Å². The van der Waals surface area contributed by atoms with Gasteiger partial charge in [-0.1, -0.05) is 15.9 Å². The molecule has 0 bridgehead atoms. The maximum absolute atomic E-state index is 12.3. The lowest BCUT2D eigenvalue weighted by Crippen LogP contribution is -2.17. The van der Waals surface area contributed by atoms with Gasteiger partial charge < -0.3 is 5.11 Å². The van der Waals surface area contributed by atoms with Crippen molar-refractivity contribution in [2.75, 3.05) is 4.72 Å². The Bertz CT molecular complexity index is 722. The van der Waals surface area contributed by atoms with Crippen LogP contribution in [0.4, 0.5) is 5.95 Å². The van der Waals surface area contributed by atoms with Crippen molar-refractivity contribution < 1.29 is 13.5 Å². The first-order chi connectivity index (χ1) is 9.44. The van der Waals surface area contributed by atoms with E-state index in [0.717, 1.165) is 0 Å². The van der Waals surface area contributed by atoms with Gasteiger partial charge in [-0.25, -0.2) is 18.1 Å². The van der Waals surface area contributed by atoms with Crippen LogP contribution in [0, 0.1) is 6.92 Å². The highest BCUT2D eigenvalue weighted by atomic mass is 79.9. The molecule has 0 radical (unpaired) electrons. The molecule has 2 aromatic rings. The van der Waals surface area contributed by atoms with Crippen molar-refractivity contribution in [3.05, 3.63) is 40.1 Å². The topological polar surface area (TPSA) is 105 Å². The molecule has 0 aliphatic carbocycles. The van der Waals surface area contributed by atoms with Gasteiger partial charge in [-0.3, -0.25) is 0 Å². The van der Waals surface area contributed by atoms with Crippen molar-refractivity contribution in [1.29, 1.82) is 0 Å². The van der Waals surface area contributed by atoms with E-state index in [-0.39, 0.29) is 17.5 Å². The molecule has 20 heavy (non-hydrogen) atoms. The Hall–Kier alpha value is -1.58. The molecule has 0 amide bonds. The highest BCUT2D eigenvalue weighted by Gasteiger charge is 2.20. The second-order valence-corrected chi connectivity index (χ2v) is 6.44. The largest absolute Gasteiger partial charge is 0.392 e. The van der Waals surface area contributed by atoms with Gasteiger partial charge in [0.05, 0.1) is 23.9 Å². The van der Waals surface area contributed by atoms with E-state index in [9.17, 15) is 8.42 Å². The standard InChI is InChI=1S/C11H11BrN4O3S/c1-7-9(12)4-8(6-17)5-10(7)20(18,19)16-11-13-2-3-14-15-11/h2-5,17H,6H2,1H3,(H,13,15,16). The highest BCUT2D eigenvalue weighted by Crippen LogP contribution is 2.26. The number of aliphatic hydroxyl groups excluding tert-OH is 1. The lowest BCUT2D eigenvalue weighted by atomic mass is 10.2. The molecule has 0 saturated carbocycles. The molecule has 0 aliphatic rings. The quantitative estimate of drug-likeness (QED) is 0.851. The van der Waals surface area contributed by atoms with E-state index in [1.807, 2.05) is 0 Å². The maximum atomic E-state index is 12.3. The Morgan fingerprint density at radius 2 is 2.10 bits per heavy atom. The van der Waals surface area contributed by atoms with E-state index in [2.05, 4.69) is 35.8 Å². The average molecular weight is 359 g/mol. The minimum Gasteiger partial charge on any atom is -0.392 e. The van der Waals surface area contributed by atoms with Gasteiger partial charge >= 0.3 is 0 Å². The summed E-state index contributed by atoms with van der Waals surface area (Å²) in [7, 11) is -3.86. The van der Waals surface area contributed by atoms with Crippen LogP contribution in [0.2, 0.25) is 0 Å². The molecule has 2 rings (SSSR count). The molecule has 0 saturated heterocycles. The predicted octanol–water partition coefficient (Wildman–Crippen LogP) is 1.24.